The average Bonchev–Trinajstić information content (AvgIpc) is 3.12. The number of aromatic nitrogens is 1. The lowest BCUT2D eigenvalue weighted by Gasteiger charge is -2.35. The van der Waals surface area contributed by atoms with Crippen molar-refractivity contribution in [3.05, 3.63) is 74.2 Å². The Hall–Kier alpha value is -2.71. The minimum Gasteiger partial charge on any atom is -0.497 e. The summed E-state index contributed by atoms with van der Waals surface area (Å²) in [4.78, 5) is 28.0. The number of thiazole rings is 1. The lowest BCUT2D eigenvalue weighted by Crippen LogP contribution is -2.30. The molecule has 0 fully saturated rings. The van der Waals surface area contributed by atoms with Gasteiger partial charge in [0.1, 0.15) is 11.5 Å². The number of benzene rings is 2. The summed E-state index contributed by atoms with van der Waals surface area (Å²) in [6.45, 7) is 0. The van der Waals surface area contributed by atoms with E-state index in [-0.39, 0.29) is 10.1 Å². The standard InChI is InChI=1S/C21H19NO5S2/c1-26-13-7-3-11(4-8-13)15-16(20(23)24)17(12-5-9-14(27-2)10-6-12)28-19-18(15)29-21(25)22-19/h3-10,15-17H,1-2H3,(H,22,25)(H,23,24)/t15-,16-,17+/m0/s1. The van der Waals surface area contributed by atoms with E-state index in [1.807, 2.05) is 48.5 Å². The molecule has 0 bridgehead atoms. The maximum Gasteiger partial charge on any atom is 0.308 e. The van der Waals surface area contributed by atoms with Crippen LogP contribution in [0.3, 0.4) is 0 Å². The average molecular weight is 430 g/mol. The molecule has 1 aliphatic heterocycles. The quantitative estimate of drug-likeness (QED) is 0.634. The van der Waals surface area contributed by atoms with E-state index in [2.05, 4.69) is 4.98 Å². The van der Waals surface area contributed by atoms with Gasteiger partial charge in [0.25, 0.3) is 0 Å². The molecule has 0 spiro atoms. The summed E-state index contributed by atoms with van der Waals surface area (Å²) in [7, 11) is 3.18. The molecule has 0 saturated heterocycles. The van der Waals surface area contributed by atoms with Gasteiger partial charge in [-0.25, -0.2) is 0 Å². The molecule has 0 radical (unpaired) electrons. The highest BCUT2D eigenvalue weighted by molar-refractivity contribution is 7.99. The molecule has 0 amide bonds. The molecule has 29 heavy (non-hydrogen) atoms. The lowest BCUT2D eigenvalue weighted by atomic mass is 9.80. The SMILES string of the molecule is COc1ccc([C@@H]2c3sc(=O)[nH]c3S[C@H](c3ccc(OC)cc3)[C@H]2C(=O)O)cc1. The third kappa shape index (κ3) is 3.65. The number of thioether (sulfide) groups is 1. The summed E-state index contributed by atoms with van der Waals surface area (Å²) >= 11 is 2.48. The van der Waals surface area contributed by atoms with E-state index in [4.69, 9.17) is 9.47 Å². The number of hydrogen-bond donors (Lipinski definition) is 2. The highest BCUT2D eigenvalue weighted by Crippen LogP contribution is 2.55. The highest BCUT2D eigenvalue weighted by atomic mass is 32.2. The Balaban J connectivity index is 1.85. The molecule has 2 N–H and O–H groups in total. The molecule has 150 valence electrons. The number of methoxy groups -OCH3 is 2. The summed E-state index contributed by atoms with van der Waals surface area (Å²) < 4.78 is 10.5. The Kier molecular flexibility index (Phi) is 5.38. The second kappa shape index (κ2) is 7.96. The largest absolute Gasteiger partial charge is 0.497 e. The van der Waals surface area contributed by atoms with E-state index in [1.165, 1.54) is 11.8 Å². The van der Waals surface area contributed by atoms with Crippen molar-refractivity contribution in [2.75, 3.05) is 14.2 Å². The van der Waals surface area contributed by atoms with E-state index >= 15 is 0 Å². The third-order valence-electron chi connectivity index (χ3n) is 5.06. The molecular weight excluding hydrogens is 410 g/mol. The number of fused-ring (bicyclic) bond motifs is 1. The zero-order chi connectivity index (χ0) is 20.5. The monoisotopic (exact) mass is 429 g/mol. The molecule has 2 aromatic carbocycles. The van der Waals surface area contributed by atoms with E-state index < -0.39 is 17.8 Å². The summed E-state index contributed by atoms with van der Waals surface area (Å²) in [5.41, 5.74) is 1.72. The fourth-order valence-electron chi connectivity index (χ4n) is 3.67. The van der Waals surface area contributed by atoms with Crippen molar-refractivity contribution in [3.63, 3.8) is 0 Å². The van der Waals surface area contributed by atoms with Crippen LogP contribution in [0.1, 0.15) is 27.2 Å². The minimum absolute atomic E-state index is 0.180. The highest BCUT2D eigenvalue weighted by Gasteiger charge is 2.45. The Morgan fingerprint density at radius 3 is 2.03 bits per heavy atom. The number of carboxylic acids is 1. The molecule has 0 unspecified atom stereocenters. The smallest absolute Gasteiger partial charge is 0.308 e. The maximum atomic E-state index is 12.4. The van der Waals surface area contributed by atoms with Crippen molar-refractivity contribution in [3.8, 4) is 11.5 Å². The number of ether oxygens (including phenoxy) is 2. The molecule has 3 aromatic rings. The van der Waals surface area contributed by atoms with Crippen LogP contribution in [0.25, 0.3) is 0 Å². The van der Waals surface area contributed by atoms with E-state index in [1.54, 1.807) is 14.2 Å². The first-order chi connectivity index (χ1) is 14.0. The summed E-state index contributed by atoms with van der Waals surface area (Å²) in [6, 6.07) is 14.8. The van der Waals surface area contributed by atoms with Crippen molar-refractivity contribution < 1.29 is 19.4 Å². The Morgan fingerprint density at radius 1 is 0.966 bits per heavy atom. The van der Waals surface area contributed by atoms with Gasteiger partial charge in [-0.15, -0.1) is 0 Å². The second-order valence-electron chi connectivity index (χ2n) is 6.63. The molecule has 8 heteroatoms. The van der Waals surface area contributed by atoms with E-state index in [0.29, 0.717) is 11.5 Å². The molecular formula is C21H19NO5S2. The van der Waals surface area contributed by atoms with Gasteiger partial charge in [0.05, 0.1) is 30.4 Å². The Morgan fingerprint density at radius 2 is 1.52 bits per heavy atom. The lowest BCUT2D eigenvalue weighted by molar-refractivity contribution is -0.142. The van der Waals surface area contributed by atoms with Crippen LogP contribution >= 0.6 is 23.1 Å². The zero-order valence-electron chi connectivity index (χ0n) is 15.7. The van der Waals surface area contributed by atoms with Crippen LogP contribution in [0, 0.1) is 5.92 Å². The first kappa shape index (κ1) is 19.6. The Labute approximate surface area is 175 Å². The molecule has 4 rings (SSSR count). The molecule has 1 aliphatic rings. The predicted octanol–water partition coefficient (Wildman–Crippen LogP) is 4.13. The first-order valence-corrected chi connectivity index (χ1v) is 10.6. The van der Waals surface area contributed by atoms with Gasteiger partial charge in [0.15, 0.2) is 0 Å². The minimum atomic E-state index is -0.898. The van der Waals surface area contributed by atoms with Gasteiger partial charge in [-0.2, -0.15) is 0 Å². The topological polar surface area (TPSA) is 88.6 Å². The number of hydrogen-bond acceptors (Lipinski definition) is 6. The molecule has 6 nitrogen and oxygen atoms in total. The van der Waals surface area contributed by atoms with Gasteiger partial charge >= 0.3 is 10.8 Å². The van der Waals surface area contributed by atoms with Crippen molar-refractivity contribution >= 4 is 29.1 Å². The Bertz CT molecular complexity index is 1070. The zero-order valence-corrected chi connectivity index (χ0v) is 17.4. The number of carboxylic acid groups (broad SMARTS) is 1. The van der Waals surface area contributed by atoms with Crippen molar-refractivity contribution in [2.45, 2.75) is 16.2 Å². The van der Waals surface area contributed by atoms with Gasteiger partial charge in [-0.1, -0.05) is 47.4 Å². The van der Waals surface area contributed by atoms with E-state index in [9.17, 15) is 14.7 Å². The van der Waals surface area contributed by atoms with Crippen molar-refractivity contribution in [2.24, 2.45) is 5.92 Å². The molecule has 0 saturated carbocycles. The maximum absolute atomic E-state index is 12.4. The van der Waals surface area contributed by atoms with Crippen LogP contribution in [-0.4, -0.2) is 30.3 Å². The number of aliphatic carboxylic acids is 1. The van der Waals surface area contributed by atoms with Crippen LogP contribution in [0.5, 0.6) is 11.5 Å². The number of H-pyrrole nitrogens is 1. The summed E-state index contributed by atoms with van der Waals surface area (Å²) in [5, 5.41) is 10.6. The van der Waals surface area contributed by atoms with E-state index in [0.717, 1.165) is 32.4 Å². The van der Waals surface area contributed by atoms with Gasteiger partial charge in [0, 0.05) is 10.8 Å². The number of nitrogens with one attached hydrogen (secondary N) is 1. The number of carbonyl (C=O) groups is 1. The van der Waals surface area contributed by atoms with Gasteiger partial charge in [-0.05, 0) is 35.4 Å². The van der Waals surface area contributed by atoms with Crippen LogP contribution in [0.15, 0.2) is 58.4 Å². The van der Waals surface area contributed by atoms with Gasteiger partial charge in [0.2, 0.25) is 0 Å². The van der Waals surface area contributed by atoms with Crippen LogP contribution in [-0.2, 0) is 4.79 Å². The second-order valence-corrected chi connectivity index (χ2v) is 8.80. The normalized spacial score (nSPS) is 20.7. The van der Waals surface area contributed by atoms with Crippen LogP contribution in [0.4, 0.5) is 0 Å². The van der Waals surface area contributed by atoms with Gasteiger partial charge in [-0.3, -0.25) is 9.59 Å². The van der Waals surface area contributed by atoms with Crippen LogP contribution < -0.4 is 14.3 Å². The fraction of sp³-hybridized carbons (Fsp3) is 0.238. The molecule has 3 atom stereocenters. The number of aromatic amines is 1. The number of rotatable bonds is 5. The summed E-state index contributed by atoms with van der Waals surface area (Å²) in [5.74, 6) is -0.671. The molecule has 0 aliphatic carbocycles. The van der Waals surface area contributed by atoms with Crippen molar-refractivity contribution in [1.82, 2.24) is 4.98 Å². The van der Waals surface area contributed by atoms with Crippen molar-refractivity contribution in [1.29, 1.82) is 0 Å². The van der Waals surface area contributed by atoms with Gasteiger partial charge < -0.3 is 19.6 Å². The summed E-state index contributed by atoms with van der Waals surface area (Å²) in [6.07, 6.45) is 0. The first-order valence-electron chi connectivity index (χ1n) is 8.92. The molecule has 1 aromatic heterocycles. The third-order valence-corrected chi connectivity index (χ3v) is 7.53. The fourth-order valence-corrected chi connectivity index (χ4v) is 6.27. The molecule has 2 heterocycles. The van der Waals surface area contributed by atoms with Crippen LogP contribution in [0.2, 0.25) is 0 Å². The predicted molar refractivity (Wildman–Crippen MR) is 112 cm³/mol.